The lowest BCUT2D eigenvalue weighted by atomic mass is 10.2. The molecule has 150 valence electrons. The molecule has 2 aromatic rings. The van der Waals surface area contributed by atoms with Crippen LogP contribution in [0.2, 0.25) is 10.0 Å². The second-order valence-electron chi connectivity index (χ2n) is 6.58. The molecule has 28 heavy (non-hydrogen) atoms. The molecule has 0 bridgehead atoms. The summed E-state index contributed by atoms with van der Waals surface area (Å²) in [7, 11) is 0. The number of aromatic nitrogens is 2. The van der Waals surface area contributed by atoms with Crippen molar-refractivity contribution in [3.05, 3.63) is 51.6 Å². The Hall–Kier alpha value is -1.38. The quantitative estimate of drug-likeness (QED) is 0.666. The van der Waals surface area contributed by atoms with Crippen LogP contribution in [-0.4, -0.2) is 59.1 Å². The number of carbonyl (C=O) groups is 1. The summed E-state index contributed by atoms with van der Waals surface area (Å²) >= 11 is 13.4. The second kappa shape index (κ2) is 10.4. The Balaban J connectivity index is 1.41. The molecule has 1 fully saturated rings. The van der Waals surface area contributed by atoms with E-state index in [9.17, 15) is 4.79 Å². The van der Waals surface area contributed by atoms with E-state index in [2.05, 4.69) is 20.4 Å². The van der Waals surface area contributed by atoms with Gasteiger partial charge in [0.05, 0.1) is 34.2 Å². The van der Waals surface area contributed by atoms with Gasteiger partial charge in [0.2, 0.25) is 5.91 Å². The Morgan fingerprint density at radius 2 is 2.14 bits per heavy atom. The number of thioether (sulfide) groups is 1. The minimum absolute atomic E-state index is 0.0374. The number of rotatable bonds is 7. The maximum atomic E-state index is 12.1. The Morgan fingerprint density at radius 1 is 1.29 bits per heavy atom. The highest BCUT2D eigenvalue weighted by Gasteiger charge is 2.21. The summed E-state index contributed by atoms with van der Waals surface area (Å²) in [4.78, 5) is 14.4. The number of nitrogens with one attached hydrogen (secondary N) is 1. The number of morpholine rings is 1. The van der Waals surface area contributed by atoms with Crippen molar-refractivity contribution >= 4 is 40.9 Å². The molecule has 1 aliphatic rings. The van der Waals surface area contributed by atoms with Crippen molar-refractivity contribution < 1.29 is 9.53 Å². The van der Waals surface area contributed by atoms with Crippen LogP contribution in [0.4, 0.5) is 0 Å². The molecule has 1 aliphatic heterocycles. The molecule has 0 saturated carbocycles. The molecule has 1 N–H and O–H groups in total. The fourth-order valence-electron chi connectivity index (χ4n) is 2.83. The van der Waals surface area contributed by atoms with E-state index in [-0.39, 0.29) is 12.0 Å². The average molecular weight is 441 g/mol. The minimum atomic E-state index is -0.0439. The first kappa shape index (κ1) is 21.3. The molecule has 1 aromatic carbocycles. The van der Waals surface area contributed by atoms with E-state index in [4.69, 9.17) is 27.9 Å². The lowest BCUT2D eigenvalue weighted by Gasteiger charge is -2.33. The summed E-state index contributed by atoms with van der Waals surface area (Å²) in [5.41, 5.74) is 1.96. The zero-order valence-electron chi connectivity index (χ0n) is 15.5. The van der Waals surface area contributed by atoms with Crippen LogP contribution in [0.5, 0.6) is 0 Å². The van der Waals surface area contributed by atoms with Gasteiger partial charge in [0.15, 0.2) is 0 Å². The standard InChI is InChI=1S/C19H22Cl2N4O2S/c1-13-2-5-19(24-23-13)28-12-18(26)22-9-15-11-25(6-7-27-15)10-14-3-4-16(20)17(21)8-14/h2-5,8,15H,6-7,9-12H2,1H3,(H,22,26). The molecule has 1 aromatic heterocycles. The molecule has 3 rings (SSSR count). The molecule has 0 radical (unpaired) electrons. The predicted octanol–water partition coefficient (Wildman–Crippen LogP) is 3.20. The Morgan fingerprint density at radius 3 is 2.89 bits per heavy atom. The van der Waals surface area contributed by atoms with Crippen LogP contribution in [0.15, 0.2) is 35.4 Å². The van der Waals surface area contributed by atoms with Crippen LogP contribution in [-0.2, 0) is 16.1 Å². The molecule has 9 heteroatoms. The first-order valence-electron chi connectivity index (χ1n) is 8.97. The highest BCUT2D eigenvalue weighted by Crippen LogP contribution is 2.23. The number of hydrogen-bond acceptors (Lipinski definition) is 6. The maximum Gasteiger partial charge on any atom is 0.230 e. The van der Waals surface area contributed by atoms with Gasteiger partial charge in [-0.3, -0.25) is 9.69 Å². The largest absolute Gasteiger partial charge is 0.374 e. The lowest BCUT2D eigenvalue weighted by Crippen LogP contribution is -2.47. The van der Waals surface area contributed by atoms with E-state index in [0.717, 1.165) is 35.9 Å². The van der Waals surface area contributed by atoms with Crippen molar-refractivity contribution in [3.63, 3.8) is 0 Å². The summed E-state index contributed by atoms with van der Waals surface area (Å²) in [6.45, 7) is 5.35. The third-order valence-electron chi connectivity index (χ3n) is 4.26. The number of hydrogen-bond donors (Lipinski definition) is 1. The number of halogens is 2. The molecule has 1 atom stereocenters. The van der Waals surface area contributed by atoms with E-state index >= 15 is 0 Å². The third-order valence-corrected chi connectivity index (χ3v) is 5.92. The van der Waals surface area contributed by atoms with Crippen LogP contribution in [0.1, 0.15) is 11.3 Å². The molecule has 0 spiro atoms. The van der Waals surface area contributed by atoms with Crippen molar-refractivity contribution in [1.29, 1.82) is 0 Å². The van der Waals surface area contributed by atoms with Gasteiger partial charge in [-0.1, -0.05) is 41.0 Å². The van der Waals surface area contributed by atoms with Crippen molar-refractivity contribution in [2.24, 2.45) is 0 Å². The molecule has 1 amide bonds. The molecular weight excluding hydrogens is 419 g/mol. The van der Waals surface area contributed by atoms with E-state index in [1.54, 1.807) is 0 Å². The second-order valence-corrected chi connectivity index (χ2v) is 8.39. The first-order valence-corrected chi connectivity index (χ1v) is 10.7. The summed E-state index contributed by atoms with van der Waals surface area (Å²) in [5, 5.41) is 12.8. The molecule has 2 heterocycles. The van der Waals surface area contributed by atoms with Gasteiger partial charge in [-0.25, -0.2) is 0 Å². The molecule has 6 nitrogen and oxygen atoms in total. The zero-order valence-corrected chi connectivity index (χ0v) is 17.9. The summed E-state index contributed by atoms with van der Waals surface area (Å²) in [5.74, 6) is 0.259. The van der Waals surface area contributed by atoms with Crippen LogP contribution in [0.25, 0.3) is 0 Å². The van der Waals surface area contributed by atoms with Crippen molar-refractivity contribution in [1.82, 2.24) is 20.4 Å². The number of benzene rings is 1. The smallest absolute Gasteiger partial charge is 0.230 e. The normalized spacial score (nSPS) is 17.5. The zero-order chi connectivity index (χ0) is 19.9. The number of ether oxygens (including phenoxy) is 1. The highest BCUT2D eigenvalue weighted by molar-refractivity contribution is 7.99. The van der Waals surface area contributed by atoms with Crippen molar-refractivity contribution in [2.45, 2.75) is 24.6 Å². The molecule has 1 saturated heterocycles. The van der Waals surface area contributed by atoms with Gasteiger partial charge in [-0.2, -0.15) is 5.10 Å². The number of aryl methyl sites for hydroxylation is 1. The van der Waals surface area contributed by atoms with Gasteiger partial charge in [0.25, 0.3) is 0 Å². The van der Waals surface area contributed by atoms with E-state index in [1.165, 1.54) is 11.8 Å². The Labute approximate surface area is 178 Å². The van der Waals surface area contributed by atoms with Gasteiger partial charge in [-0.15, -0.1) is 5.10 Å². The SMILES string of the molecule is Cc1ccc(SCC(=O)NCC2CN(Cc3ccc(Cl)c(Cl)c3)CCO2)nn1. The highest BCUT2D eigenvalue weighted by atomic mass is 35.5. The van der Waals surface area contributed by atoms with Gasteiger partial charge in [0.1, 0.15) is 5.03 Å². The van der Waals surface area contributed by atoms with Crippen LogP contribution >= 0.6 is 35.0 Å². The summed E-state index contributed by atoms with van der Waals surface area (Å²) in [6.07, 6.45) is -0.0374. The number of carbonyl (C=O) groups excluding carboxylic acids is 1. The minimum Gasteiger partial charge on any atom is -0.374 e. The van der Waals surface area contributed by atoms with E-state index < -0.39 is 0 Å². The maximum absolute atomic E-state index is 12.1. The van der Waals surface area contributed by atoms with Crippen molar-refractivity contribution in [3.8, 4) is 0 Å². The van der Waals surface area contributed by atoms with Gasteiger partial charge in [0, 0.05) is 26.2 Å². The number of amides is 1. The third kappa shape index (κ3) is 6.60. The Kier molecular flexibility index (Phi) is 7.93. The average Bonchev–Trinajstić information content (AvgIpc) is 2.69. The monoisotopic (exact) mass is 440 g/mol. The fraction of sp³-hybridized carbons (Fsp3) is 0.421. The molecular formula is C19H22Cl2N4O2S. The summed E-state index contributed by atoms with van der Waals surface area (Å²) < 4.78 is 5.78. The van der Waals surface area contributed by atoms with Crippen LogP contribution < -0.4 is 5.32 Å². The van der Waals surface area contributed by atoms with E-state index in [1.807, 2.05) is 37.3 Å². The predicted molar refractivity (Wildman–Crippen MR) is 112 cm³/mol. The van der Waals surface area contributed by atoms with Gasteiger partial charge >= 0.3 is 0 Å². The Bertz CT molecular complexity index is 807. The van der Waals surface area contributed by atoms with Gasteiger partial charge < -0.3 is 10.1 Å². The molecule has 0 aliphatic carbocycles. The molecule has 1 unspecified atom stereocenters. The fourth-order valence-corrected chi connectivity index (χ4v) is 3.79. The van der Waals surface area contributed by atoms with Crippen LogP contribution in [0.3, 0.4) is 0 Å². The van der Waals surface area contributed by atoms with E-state index in [0.29, 0.717) is 28.9 Å². The summed E-state index contributed by atoms with van der Waals surface area (Å²) in [6, 6.07) is 9.43. The van der Waals surface area contributed by atoms with Crippen LogP contribution in [0, 0.1) is 6.92 Å². The topological polar surface area (TPSA) is 67.4 Å². The number of nitrogens with zero attached hydrogens (tertiary/aromatic N) is 3. The lowest BCUT2D eigenvalue weighted by molar-refractivity contribution is -0.119. The first-order chi connectivity index (χ1) is 13.5. The van der Waals surface area contributed by atoms with Gasteiger partial charge in [-0.05, 0) is 36.8 Å². The van der Waals surface area contributed by atoms with Crippen molar-refractivity contribution in [2.75, 3.05) is 32.0 Å².